The molecule has 0 atom stereocenters. The highest BCUT2D eigenvalue weighted by Gasteiger charge is 2.12. The van der Waals surface area contributed by atoms with Crippen LogP contribution in [0, 0.1) is 5.82 Å². The van der Waals surface area contributed by atoms with Gasteiger partial charge in [-0.25, -0.2) is 12.8 Å². The number of hydrogen-bond donors (Lipinski definition) is 2. The Morgan fingerprint density at radius 2 is 2.17 bits per heavy atom. The van der Waals surface area contributed by atoms with Crippen molar-refractivity contribution in [1.29, 1.82) is 0 Å². The van der Waals surface area contributed by atoms with Gasteiger partial charge in [0.2, 0.25) is 10.0 Å². The molecule has 0 aliphatic rings. The molecule has 0 aromatic carbocycles. The van der Waals surface area contributed by atoms with Crippen molar-refractivity contribution in [2.75, 3.05) is 23.6 Å². The number of aromatic nitrogens is 1. The minimum Gasteiger partial charge on any atom is -0.317 e. The van der Waals surface area contributed by atoms with Crippen LogP contribution in [-0.4, -0.2) is 32.2 Å². The molecule has 1 rings (SSSR count). The molecule has 102 valence electrons. The first-order valence-corrected chi connectivity index (χ1v) is 7.51. The summed E-state index contributed by atoms with van der Waals surface area (Å²) >= 11 is 0. The smallest absolute Gasteiger partial charge is 0.232 e. The average Bonchev–Trinajstić information content (AvgIpc) is 2.31. The van der Waals surface area contributed by atoms with Gasteiger partial charge >= 0.3 is 0 Å². The predicted octanol–water partition coefficient (Wildman–Crippen LogP) is 1.35. The highest BCUT2D eigenvalue weighted by Crippen LogP contribution is 2.13. The molecular formula is C11H18FN3O2S. The Bertz CT molecular complexity index is 465. The molecule has 0 radical (unpaired) electrons. The molecule has 0 fully saturated rings. The van der Waals surface area contributed by atoms with Crippen LogP contribution >= 0.6 is 0 Å². The molecule has 2 N–H and O–H groups in total. The van der Waals surface area contributed by atoms with Gasteiger partial charge in [0, 0.05) is 6.20 Å². The van der Waals surface area contributed by atoms with E-state index in [4.69, 9.17) is 0 Å². The third-order valence-corrected chi connectivity index (χ3v) is 3.59. The maximum atomic E-state index is 13.2. The normalized spacial score (nSPS) is 11.4. The third-order valence-electron chi connectivity index (χ3n) is 2.23. The maximum Gasteiger partial charge on any atom is 0.232 e. The monoisotopic (exact) mass is 275 g/mol. The van der Waals surface area contributed by atoms with E-state index in [1.807, 2.05) is 6.92 Å². The quantitative estimate of drug-likeness (QED) is 0.703. The highest BCUT2D eigenvalue weighted by atomic mass is 32.2. The Kier molecular flexibility index (Phi) is 6.00. The van der Waals surface area contributed by atoms with Crippen LogP contribution < -0.4 is 10.0 Å². The first kappa shape index (κ1) is 14.8. The van der Waals surface area contributed by atoms with Crippen LogP contribution in [0.4, 0.5) is 10.1 Å². The zero-order chi connectivity index (χ0) is 13.4. The van der Waals surface area contributed by atoms with Crippen LogP contribution in [0.5, 0.6) is 0 Å². The predicted molar refractivity (Wildman–Crippen MR) is 69.4 cm³/mol. The van der Waals surface area contributed by atoms with Gasteiger partial charge in [-0.3, -0.25) is 9.71 Å². The third kappa shape index (κ3) is 5.42. The first-order chi connectivity index (χ1) is 8.55. The number of sulfonamides is 1. The van der Waals surface area contributed by atoms with E-state index < -0.39 is 15.8 Å². The Hall–Kier alpha value is -1.21. The number of hydrogen-bond acceptors (Lipinski definition) is 4. The SMILES string of the molecule is CCCNCCCS(=O)(=O)Nc1ccncc1F. The van der Waals surface area contributed by atoms with Gasteiger partial charge in [0.05, 0.1) is 17.6 Å². The first-order valence-electron chi connectivity index (χ1n) is 5.86. The molecule has 7 heteroatoms. The highest BCUT2D eigenvalue weighted by molar-refractivity contribution is 7.92. The fraction of sp³-hybridized carbons (Fsp3) is 0.545. The largest absolute Gasteiger partial charge is 0.317 e. The summed E-state index contributed by atoms with van der Waals surface area (Å²) < 4.78 is 38.7. The van der Waals surface area contributed by atoms with E-state index >= 15 is 0 Å². The standard InChI is InChI=1S/C11H18FN3O2S/c1-2-5-13-6-3-8-18(16,17)15-11-4-7-14-9-10(11)12/h4,7,9,13H,2-3,5-6,8H2,1H3,(H,14,15). The van der Waals surface area contributed by atoms with Gasteiger partial charge in [0.25, 0.3) is 0 Å². The molecule has 1 aromatic rings. The number of anilines is 1. The lowest BCUT2D eigenvalue weighted by Crippen LogP contribution is -2.22. The van der Waals surface area contributed by atoms with E-state index in [-0.39, 0.29) is 11.4 Å². The molecule has 18 heavy (non-hydrogen) atoms. The molecule has 5 nitrogen and oxygen atoms in total. The van der Waals surface area contributed by atoms with Crippen molar-refractivity contribution in [2.45, 2.75) is 19.8 Å². The second-order valence-corrected chi connectivity index (χ2v) is 5.72. The summed E-state index contributed by atoms with van der Waals surface area (Å²) in [4.78, 5) is 3.55. The second-order valence-electron chi connectivity index (χ2n) is 3.88. The van der Waals surface area contributed by atoms with Crippen molar-refractivity contribution in [3.8, 4) is 0 Å². The van der Waals surface area contributed by atoms with E-state index in [0.29, 0.717) is 13.0 Å². The lowest BCUT2D eigenvalue weighted by Gasteiger charge is -2.08. The Labute approximate surface area is 107 Å². The number of rotatable bonds is 8. The lowest BCUT2D eigenvalue weighted by molar-refractivity contribution is 0.590. The van der Waals surface area contributed by atoms with Crippen LogP contribution in [0.2, 0.25) is 0 Å². The van der Waals surface area contributed by atoms with Crippen molar-refractivity contribution in [2.24, 2.45) is 0 Å². The summed E-state index contributed by atoms with van der Waals surface area (Å²) in [6, 6.07) is 1.29. The van der Waals surface area contributed by atoms with Gasteiger partial charge in [0.1, 0.15) is 0 Å². The van der Waals surface area contributed by atoms with Crippen molar-refractivity contribution < 1.29 is 12.8 Å². The second kappa shape index (κ2) is 7.27. The summed E-state index contributed by atoms with van der Waals surface area (Å²) in [5, 5.41) is 3.11. The molecule has 0 aliphatic carbocycles. The van der Waals surface area contributed by atoms with Gasteiger partial charge in [0.15, 0.2) is 5.82 Å². The van der Waals surface area contributed by atoms with Crippen molar-refractivity contribution in [3.05, 3.63) is 24.3 Å². The number of pyridine rings is 1. The van der Waals surface area contributed by atoms with Crippen LogP contribution in [-0.2, 0) is 10.0 Å². The molecule has 0 unspecified atom stereocenters. The van der Waals surface area contributed by atoms with E-state index in [0.717, 1.165) is 19.2 Å². The van der Waals surface area contributed by atoms with Crippen LogP contribution in [0.1, 0.15) is 19.8 Å². The fourth-order valence-corrected chi connectivity index (χ4v) is 2.49. The Morgan fingerprint density at radius 3 is 2.83 bits per heavy atom. The van der Waals surface area contributed by atoms with E-state index in [2.05, 4.69) is 15.0 Å². The fourth-order valence-electron chi connectivity index (χ4n) is 1.37. The Morgan fingerprint density at radius 1 is 1.39 bits per heavy atom. The summed E-state index contributed by atoms with van der Waals surface area (Å²) in [6.07, 6.45) is 3.81. The van der Waals surface area contributed by atoms with Gasteiger partial charge < -0.3 is 5.32 Å². The van der Waals surface area contributed by atoms with Crippen LogP contribution in [0.25, 0.3) is 0 Å². The van der Waals surface area contributed by atoms with Crippen molar-refractivity contribution >= 4 is 15.7 Å². The van der Waals surface area contributed by atoms with E-state index in [9.17, 15) is 12.8 Å². The number of nitrogens with one attached hydrogen (secondary N) is 2. The molecule has 0 spiro atoms. The zero-order valence-corrected chi connectivity index (χ0v) is 11.1. The molecule has 0 amide bonds. The molecule has 0 saturated carbocycles. The molecule has 1 heterocycles. The summed E-state index contributed by atoms with van der Waals surface area (Å²) in [5.74, 6) is -0.712. The van der Waals surface area contributed by atoms with Crippen molar-refractivity contribution in [1.82, 2.24) is 10.3 Å². The van der Waals surface area contributed by atoms with E-state index in [1.165, 1.54) is 12.3 Å². The summed E-state index contributed by atoms with van der Waals surface area (Å²) in [7, 11) is -3.50. The topological polar surface area (TPSA) is 71.1 Å². The van der Waals surface area contributed by atoms with E-state index in [1.54, 1.807) is 0 Å². The Balaban J connectivity index is 2.43. The van der Waals surface area contributed by atoms with Gasteiger partial charge in [-0.2, -0.15) is 0 Å². The number of nitrogens with zero attached hydrogens (tertiary/aromatic N) is 1. The zero-order valence-electron chi connectivity index (χ0n) is 10.3. The minimum absolute atomic E-state index is 0.0362. The molecule has 1 aromatic heterocycles. The van der Waals surface area contributed by atoms with Crippen LogP contribution in [0.15, 0.2) is 18.5 Å². The maximum absolute atomic E-state index is 13.2. The number of halogens is 1. The van der Waals surface area contributed by atoms with Crippen LogP contribution in [0.3, 0.4) is 0 Å². The van der Waals surface area contributed by atoms with Crippen molar-refractivity contribution in [3.63, 3.8) is 0 Å². The summed E-state index contributed by atoms with van der Waals surface area (Å²) in [6.45, 7) is 3.54. The van der Waals surface area contributed by atoms with Gasteiger partial charge in [-0.05, 0) is 32.0 Å². The molecule has 0 bridgehead atoms. The molecule has 0 aliphatic heterocycles. The molecular weight excluding hydrogens is 257 g/mol. The van der Waals surface area contributed by atoms with Gasteiger partial charge in [-0.1, -0.05) is 6.92 Å². The summed E-state index contributed by atoms with van der Waals surface area (Å²) in [5.41, 5.74) is -0.0634. The van der Waals surface area contributed by atoms with Gasteiger partial charge in [-0.15, -0.1) is 0 Å². The lowest BCUT2D eigenvalue weighted by atomic mass is 10.4. The molecule has 0 saturated heterocycles. The minimum atomic E-state index is -3.50. The average molecular weight is 275 g/mol.